The monoisotopic (exact) mass is 217 g/mol. The molecule has 0 spiro atoms. The van der Waals surface area contributed by atoms with Crippen molar-refractivity contribution in [1.82, 2.24) is 0 Å². The van der Waals surface area contributed by atoms with Crippen molar-refractivity contribution >= 4 is 0 Å². The van der Waals surface area contributed by atoms with E-state index in [1.165, 1.54) is 0 Å². The van der Waals surface area contributed by atoms with Crippen LogP contribution in [-0.2, 0) is 4.74 Å². The molecule has 1 atom stereocenters. The number of rotatable bonds is 5. The van der Waals surface area contributed by atoms with Crippen molar-refractivity contribution in [3.8, 4) is 17.9 Å². The Morgan fingerprint density at radius 1 is 1.44 bits per heavy atom. The summed E-state index contributed by atoms with van der Waals surface area (Å²) in [6, 6.07) is 5.81. The second-order valence-electron chi connectivity index (χ2n) is 3.31. The van der Waals surface area contributed by atoms with Crippen LogP contribution in [0.4, 0.5) is 0 Å². The summed E-state index contributed by atoms with van der Waals surface area (Å²) in [6.07, 6.45) is 4.32. The lowest BCUT2D eigenvalue weighted by Gasteiger charge is -2.07. The first-order valence-electron chi connectivity index (χ1n) is 5.27. The Hall–Kier alpha value is -1.71. The van der Waals surface area contributed by atoms with E-state index >= 15 is 0 Å². The van der Waals surface area contributed by atoms with Crippen LogP contribution in [-0.4, -0.2) is 7.11 Å². The Balaban J connectivity index is 2.32. The molecule has 84 valence electrons. The molecular weight excluding hydrogens is 202 g/mol. The first-order valence-corrected chi connectivity index (χ1v) is 5.27. The molecule has 1 heterocycles. The van der Waals surface area contributed by atoms with Crippen molar-refractivity contribution in [3.63, 3.8) is 0 Å². The highest BCUT2D eigenvalue weighted by atomic mass is 16.5. The van der Waals surface area contributed by atoms with Crippen LogP contribution in [0, 0.1) is 23.2 Å². The molecule has 0 aliphatic carbocycles. The van der Waals surface area contributed by atoms with Gasteiger partial charge in [0.2, 0.25) is 0 Å². The number of nitriles is 1. The van der Waals surface area contributed by atoms with Crippen molar-refractivity contribution < 1.29 is 9.15 Å². The van der Waals surface area contributed by atoms with Crippen molar-refractivity contribution in [2.24, 2.45) is 0 Å². The van der Waals surface area contributed by atoms with E-state index < -0.39 is 0 Å². The predicted molar refractivity (Wildman–Crippen MR) is 60.3 cm³/mol. The normalized spacial score (nSPS) is 11.2. The maximum atomic E-state index is 8.34. The lowest BCUT2D eigenvalue weighted by Crippen LogP contribution is -1.98. The highest BCUT2D eigenvalue weighted by Gasteiger charge is 2.10. The highest BCUT2D eigenvalue weighted by Crippen LogP contribution is 2.19. The van der Waals surface area contributed by atoms with Gasteiger partial charge in [0.25, 0.3) is 0 Å². The highest BCUT2D eigenvalue weighted by molar-refractivity contribution is 5.08. The average Bonchev–Trinajstić information content (AvgIpc) is 2.82. The van der Waals surface area contributed by atoms with E-state index in [1.807, 2.05) is 12.1 Å². The predicted octanol–water partition coefficient (Wildman–Crippen LogP) is 3.05. The Morgan fingerprint density at radius 2 is 2.31 bits per heavy atom. The third-order valence-electron chi connectivity index (χ3n) is 2.15. The molecule has 3 heteroatoms. The third-order valence-corrected chi connectivity index (χ3v) is 2.15. The van der Waals surface area contributed by atoms with E-state index in [1.54, 1.807) is 13.4 Å². The van der Waals surface area contributed by atoms with Crippen LogP contribution in [0.25, 0.3) is 0 Å². The lowest BCUT2D eigenvalue weighted by molar-refractivity contribution is 0.0881. The minimum absolute atomic E-state index is 0.0986. The Morgan fingerprint density at radius 3 is 2.94 bits per heavy atom. The molecule has 0 fully saturated rings. The number of furan rings is 1. The molecule has 1 aromatic heterocycles. The SMILES string of the molecule is COC(CC#CCCCC#N)c1ccco1. The molecule has 1 aromatic rings. The molecule has 0 amide bonds. The zero-order valence-corrected chi connectivity index (χ0v) is 9.40. The molecule has 0 radical (unpaired) electrons. The first kappa shape index (κ1) is 12.4. The van der Waals surface area contributed by atoms with Gasteiger partial charge >= 0.3 is 0 Å². The summed E-state index contributed by atoms with van der Waals surface area (Å²) in [5.74, 6) is 6.86. The summed E-state index contributed by atoms with van der Waals surface area (Å²) in [7, 11) is 1.64. The zero-order valence-electron chi connectivity index (χ0n) is 9.40. The van der Waals surface area contributed by atoms with Crippen molar-refractivity contribution in [2.45, 2.75) is 31.8 Å². The fourth-order valence-corrected chi connectivity index (χ4v) is 1.28. The van der Waals surface area contributed by atoms with Crippen molar-refractivity contribution in [1.29, 1.82) is 5.26 Å². The summed E-state index contributed by atoms with van der Waals surface area (Å²) < 4.78 is 10.5. The van der Waals surface area contributed by atoms with E-state index in [4.69, 9.17) is 14.4 Å². The fourth-order valence-electron chi connectivity index (χ4n) is 1.28. The molecule has 0 bridgehead atoms. The molecule has 0 aromatic carbocycles. The quantitative estimate of drug-likeness (QED) is 0.562. The molecule has 0 aliphatic rings. The maximum absolute atomic E-state index is 8.34. The number of unbranched alkanes of at least 4 members (excludes halogenated alkanes) is 2. The van der Waals surface area contributed by atoms with Gasteiger partial charge in [-0.3, -0.25) is 0 Å². The van der Waals surface area contributed by atoms with Crippen LogP contribution >= 0.6 is 0 Å². The van der Waals surface area contributed by atoms with E-state index in [0.29, 0.717) is 12.8 Å². The van der Waals surface area contributed by atoms with E-state index in [-0.39, 0.29) is 6.10 Å². The smallest absolute Gasteiger partial charge is 0.133 e. The summed E-state index contributed by atoms with van der Waals surface area (Å²) in [4.78, 5) is 0. The molecule has 0 saturated carbocycles. The Kier molecular flexibility index (Phi) is 5.84. The van der Waals surface area contributed by atoms with Crippen LogP contribution in [0.2, 0.25) is 0 Å². The summed E-state index contributed by atoms with van der Waals surface area (Å²) >= 11 is 0. The van der Waals surface area contributed by atoms with Crippen LogP contribution in [0.1, 0.15) is 37.5 Å². The van der Waals surface area contributed by atoms with Gasteiger partial charge in [-0.2, -0.15) is 5.26 Å². The topological polar surface area (TPSA) is 46.2 Å². The Bertz CT molecular complexity index is 378. The van der Waals surface area contributed by atoms with Gasteiger partial charge in [0.1, 0.15) is 11.9 Å². The molecule has 1 unspecified atom stereocenters. The molecule has 16 heavy (non-hydrogen) atoms. The number of hydrogen-bond donors (Lipinski definition) is 0. The van der Waals surface area contributed by atoms with Gasteiger partial charge in [0.15, 0.2) is 0 Å². The molecular formula is C13H15NO2. The van der Waals surface area contributed by atoms with Gasteiger partial charge in [-0.15, -0.1) is 11.8 Å². The van der Waals surface area contributed by atoms with Crippen LogP contribution in [0.15, 0.2) is 22.8 Å². The first-order chi connectivity index (χ1) is 7.88. The second-order valence-corrected chi connectivity index (χ2v) is 3.31. The standard InChI is InChI=1S/C13H15NO2/c1-15-12(13-9-7-11-16-13)8-5-3-2-4-6-10-14/h7,9,11-12H,2,4,6,8H2,1H3. The number of nitrogens with zero attached hydrogens (tertiary/aromatic N) is 1. The van der Waals surface area contributed by atoms with E-state index in [2.05, 4.69) is 17.9 Å². The molecule has 3 nitrogen and oxygen atoms in total. The molecule has 0 aliphatic heterocycles. The molecule has 0 saturated heterocycles. The fraction of sp³-hybridized carbons (Fsp3) is 0.462. The van der Waals surface area contributed by atoms with Crippen LogP contribution in [0.3, 0.4) is 0 Å². The van der Waals surface area contributed by atoms with Crippen molar-refractivity contribution in [2.75, 3.05) is 7.11 Å². The van der Waals surface area contributed by atoms with Gasteiger partial charge in [0.05, 0.1) is 12.3 Å². The van der Waals surface area contributed by atoms with Crippen molar-refractivity contribution in [3.05, 3.63) is 24.2 Å². The van der Waals surface area contributed by atoms with Crippen LogP contribution in [0.5, 0.6) is 0 Å². The molecule has 1 rings (SSSR count). The molecule has 0 N–H and O–H groups in total. The average molecular weight is 217 g/mol. The second kappa shape index (κ2) is 7.56. The van der Waals surface area contributed by atoms with Gasteiger partial charge in [0, 0.05) is 26.4 Å². The lowest BCUT2D eigenvalue weighted by atomic mass is 10.2. The van der Waals surface area contributed by atoms with Gasteiger partial charge in [-0.1, -0.05) is 0 Å². The number of hydrogen-bond acceptors (Lipinski definition) is 3. The Labute approximate surface area is 96.0 Å². The summed E-state index contributed by atoms with van der Waals surface area (Å²) in [5, 5.41) is 8.34. The third kappa shape index (κ3) is 4.21. The van der Waals surface area contributed by atoms with E-state index in [9.17, 15) is 0 Å². The number of methoxy groups -OCH3 is 1. The summed E-state index contributed by atoms with van der Waals surface area (Å²) in [6.45, 7) is 0. The number of ether oxygens (including phenoxy) is 1. The minimum atomic E-state index is -0.0986. The largest absolute Gasteiger partial charge is 0.467 e. The van der Waals surface area contributed by atoms with Crippen LogP contribution < -0.4 is 0 Å². The zero-order chi connectivity index (χ0) is 11.6. The summed E-state index contributed by atoms with van der Waals surface area (Å²) in [5.41, 5.74) is 0. The maximum Gasteiger partial charge on any atom is 0.133 e. The van der Waals surface area contributed by atoms with E-state index in [0.717, 1.165) is 18.6 Å². The van der Waals surface area contributed by atoms with Gasteiger partial charge in [-0.25, -0.2) is 0 Å². The van der Waals surface area contributed by atoms with Gasteiger partial charge in [-0.05, 0) is 18.6 Å². The minimum Gasteiger partial charge on any atom is -0.467 e. The van der Waals surface area contributed by atoms with Gasteiger partial charge < -0.3 is 9.15 Å².